The smallest absolute Gasteiger partial charge is 0.354 e. The van der Waals surface area contributed by atoms with E-state index in [9.17, 15) is 9.59 Å². The van der Waals surface area contributed by atoms with Crippen LogP contribution in [0.3, 0.4) is 0 Å². The lowest BCUT2D eigenvalue weighted by molar-refractivity contribution is -0.141. The number of nitrogens with one attached hydrogen (secondary N) is 1. The summed E-state index contributed by atoms with van der Waals surface area (Å²) in [7, 11) is 1.37. The number of hydrogen-bond acceptors (Lipinski definition) is 4. The molecule has 1 aromatic rings. The van der Waals surface area contributed by atoms with Crippen molar-refractivity contribution in [2.45, 2.75) is 32.0 Å². The van der Waals surface area contributed by atoms with Gasteiger partial charge < -0.3 is 14.6 Å². The molecule has 1 N–H and O–H groups in total. The van der Waals surface area contributed by atoms with Crippen molar-refractivity contribution in [3.8, 4) is 0 Å². The van der Waals surface area contributed by atoms with E-state index in [1.807, 2.05) is 11.0 Å². The lowest BCUT2D eigenvalue weighted by Gasteiger charge is -2.39. The van der Waals surface area contributed by atoms with E-state index in [1.165, 1.54) is 7.11 Å². The van der Waals surface area contributed by atoms with E-state index >= 15 is 0 Å². The molecule has 3 heterocycles. The molecule has 1 unspecified atom stereocenters. The SMILES string of the molecule is COC(=O)c1ccc(CN2CCC(=O)N3CCCC23)[nH]1. The number of rotatable bonds is 3. The van der Waals surface area contributed by atoms with Crippen LogP contribution in [0.25, 0.3) is 0 Å². The summed E-state index contributed by atoms with van der Waals surface area (Å²) in [5, 5.41) is 0. The highest BCUT2D eigenvalue weighted by Gasteiger charge is 2.37. The number of ether oxygens (including phenoxy) is 1. The van der Waals surface area contributed by atoms with Gasteiger partial charge in [-0.25, -0.2) is 4.79 Å². The summed E-state index contributed by atoms with van der Waals surface area (Å²) < 4.78 is 4.69. The maximum absolute atomic E-state index is 11.8. The Kier molecular flexibility index (Phi) is 3.48. The van der Waals surface area contributed by atoms with E-state index in [4.69, 9.17) is 0 Å². The molecule has 6 nitrogen and oxygen atoms in total. The van der Waals surface area contributed by atoms with Gasteiger partial charge in [0.05, 0.1) is 13.3 Å². The van der Waals surface area contributed by atoms with Crippen LogP contribution in [-0.2, 0) is 16.1 Å². The quantitative estimate of drug-likeness (QED) is 0.836. The number of H-pyrrole nitrogens is 1. The summed E-state index contributed by atoms with van der Waals surface area (Å²) in [5.74, 6) is -0.0851. The van der Waals surface area contributed by atoms with E-state index in [0.717, 1.165) is 38.2 Å². The van der Waals surface area contributed by atoms with Crippen molar-refractivity contribution in [1.82, 2.24) is 14.8 Å². The maximum Gasteiger partial charge on any atom is 0.354 e. The molecule has 20 heavy (non-hydrogen) atoms. The number of hydrogen-bond donors (Lipinski definition) is 1. The molecule has 1 atom stereocenters. The third-order valence-electron chi connectivity index (χ3n) is 4.10. The first-order chi connectivity index (χ1) is 9.69. The maximum atomic E-state index is 11.8. The number of aromatic amines is 1. The lowest BCUT2D eigenvalue weighted by Crippen LogP contribution is -2.52. The number of aromatic nitrogens is 1. The molecule has 2 aliphatic heterocycles. The third kappa shape index (κ3) is 2.31. The second-order valence-electron chi connectivity index (χ2n) is 5.32. The van der Waals surface area contributed by atoms with Crippen LogP contribution >= 0.6 is 0 Å². The van der Waals surface area contributed by atoms with Gasteiger partial charge in [-0.05, 0) is 25.0 Å². The Morgan fingerprint density at radius 2 is 2.30 bits per heavy atom. The lowest BCUT2D eigenvalue weighted by atomic mass is 10.2. The molecule has 1 aromatic heterocycles. The van der Waals surface area contributed by atoms with Crippen LogP contribution in [0.5, 0.6) is 0 Å². The summed E-state index contributed by atoms with van der Waals surface area (Å²) in [6, 6.07) is 3.64. The van der Waals surface area contributed by atoms with Gasteiger partial charge in [0.2, 0.25) is 5.91 Å². The van der Waals surface area contributed by atoms with Gasteiger partial charge >= 0.3 is 5.97 Å². The van der Waals surface area contributed by atoms with Crippen LogP contribution in [-0.4, -0.2) is 53.0 Å². The largest absolute Gasteiger partial charge is 0.464 e. The molecule has 1 amide bonds. The second-order valence-corrected chi connectivity index (χ2v) is 5.32. The average Bonchev–Trinajstić information content (AvgIpc) is 3.10. The van der Waals surface area contributed by atoms with Crippen LogP contribution in [0.1, 0.15) is 35.4 Å². The Morgan fingerprint density at radius 3 is 3.10 bits per heavy atom. The predicted molar refractivity (Wildman–Crippen MR) is 71.9 cm³/mol. The molecule has 0 saturated carbocycles. The van der Waals surface area contributed by atoms with Crippen molar-refractivity contribution >= 4 is 11.9 Å². The zero-order valence-electron chi connectivity index (χ0n) is 11.6. The van der Waals surface area contributed by atoms with Crippen LogP contribution in [0, 0.1) is 0 Å². The Morgan fingerprint density at radius 1 is 1.45 bits per heavy atom. The molecule has 2 fully saturated rings. The predicted octanol–water partition coefficient (Wildman–Crippen LogP) is 0.955. The van der Waals surface area contributed by atoms with Crippen LogP contribution in [0.2, 0.25) is 0 Å². The van der Waals surface area contributed by atoms with Crippen LogP contribution in [0.4, 0.5) is 0 Å². The molecule has 0 aromatic carbocycles. The molecule has 3 rings (SSSR count). The van der Waals surface area contributed by atoms with Gasteiger partial charge in [0, 0.05) is 31.7 Å². The van der Waals surface area contributed by atoms with E-state index in [1.54, 1.807) is 6.07 Å². The number of amides is 1. The number of fused-ring (bicyclic) bond motifs is 1. The van der Waals surface area contributed by atoms with E-state index < -0.39 is 0 Å². The molecule has 0 aliphatic carbocycles. The third-order valence-corrected chi connectivity index (χ3v) is 4.10. The van der Waals surface area contributed by atoms with Crippen molar-refractivity contribution in [3.63, 3.8) is 0 Å². The van der Waals surface area contributed by atoms with Gasteiger partial charge in [0.1, 0.15) is 5.69 Å². The minimum atomic E-state index is -0.354. The number of carbonyl (C=O) groups excluding carboxylic acids is 2. The highest BCUT2D eigenvalue weighted by atomic mass is 16.5. The summed E-state index contributed by atoms with van der Waals surface area (Å²) in [6.45, 7) is 2.39. The number of esters is 1. The Labute approximate surface area is 117 Å². The topological polar surface area (TPSA) is 65.6 Å². The minimum Gasteiger partial charge on any atom is -0.464 e. The molecule has 0 spiro atoms. The molecule has 0 bridgehead atoms. The first kappa shape index (κ1) is 13.2. The molecular weight excluding hydrogens is 258 g/mol. The minimum absolute atomic E-state index is 0.223. The fraction of sp³-hybridized carbons (Fsp3) is 0.571. The van der Waals surface area contributed by atoms with Gasteiger partial charge in [-0.1, -0.05) is 0 Å². The summed E-state index contributed by atoms with van der Waals surface area (Å²) in [4.78, 5) is 30.6. The Bertz CT molecular complexity index is 525. The Balaban J connectivity index is 1.69. The summed E-state index contributed by atoms with van der Waals surface area (Å²) in [5.41, 5.74) is 1.45. The summed E-state index contributed by atoms with van der Waals surface area (Å²) >= 11 is 0. The fourth-order valence-electron chi connectivity index (χ4n) is 3.12. The van der Waals surface area contributed by atoms with Crippen molar-refractivity contribution in [1.29, 1.82) is 0 Å². The van der Waals surface area contributed by atoms with Gasteiger partial charge in [0.15, 0.2) is 0 Å². The molecular formula is C14H19N3O3. The monoisotopic (exact) mass is 277 g/mol. The zero-order valence-corrected chi connectivity index (χ0v) is 11.6. The normalized spacial score (nSPS) is 22.9. The van der Waals surface area contributed by atoms with Gasteiger partial charge in [-0.15, -0.1) is 0 Å². The van der Waals surface area contributed by atoms with E-state index in [2.05, 4.69) is 14.6 Å². The number of nitrogens with zero attached hydrogens (tertiary/aromatic N) is 2. The van der Waals surface area contributed by atoms with Crippen LogP contribution < -0.4 is 0 Å². The molecule has 2 aliphatic rings. The van der Waals surface area contributed by atoms with Crippen molar-refractivity contribution in [2.24, 2.45) is 0 Å². The van der Waals surface area contributed by atoms with Gasteiger partial charge in [-0.3, -0.25) is 9.69 Å². The molecule has 2 saturated heterocycles. The van der Waals surface area contributed by atoms with Gasteiger partial charge in [-0.2, -0.15) is 0 Å². The first-order valence-electron chi connectivity index (χ1n) is 6.99. The van der Waals surface area contributed by atoms with Crippen LogP contribution in [0.15, 0.2) is 12.1 Å². The standard InChI is InChI=1S/C14H19N3O3/c1-20-14(19)11-5-4-10(15-11)9-16-8-6-13(18)17-7-2-3-12(16)17/h4-5,12,15H,2-3,6-9H2,1H3. The molecule has 108 valence electrons. The van der Waals surface area contributed by atoms with Crippen molar-refractivity contribution in [3.05, 3.63) is 23.5 Å². The highest BCUT2D eigenvalue weighted by Crippen LogP contribution is 2.27. The number of carbonyl (C=O) groups is 2. The average molecular weight is 277 g/mol. The van der Waals surface area contributed by atoms with Crippen molar-refractivity contribution in [2.75, 3.05) is 20.2 Å². The van der Waals surface area contributed by atoms with E-state index in [-0.39, 0.29) is 18.0 Å². The second kappa shape index (κ2) is 5.28. The van der Waals surface area contributed by atoms with E-state index in [0.29, 0.717) is 12.1 Å². The zero-order chi connectivity index (χ0) is 14.1. The Hall–Kier alpha value is -1.82. The molecule has 6 heteroatoms. The summed E-state index contributed by atoms with van der Waals surface area (Å²) in [6.07, 6.45) is 2.92. The highest BCUT2D eigenvalue weighted by molar-refractivity contribution is 5.87. The number of methoxy groups -OCH3 is 1. The molecule has 0 radical (unpaired) electrons. The fourth-order valence-corrected chi connectivity index (χ4v) is 3.12. The van der Waals surface area contributed by atoms with Gasteiger partial charge in [0.25, 0.3) is 0 Å². The van der Waals surface area contributed by atoms with Crippen molar-refractivity contribution < 1.29 is 14.3 Å². The first-order valence-corrected chi connectivity index (χ1v) is 6.99.